The average molecular weight is 400 g/mol. The number of amides is 1. The zero-order valence-corrected chi connectivity index (χ0v) is 16.4. The highest BCUT2D eigenvalue weighted by Gasteiger charge is 2.45. The van der Waals surface area contributed by atoms with Gasteiger partial charge in [-0.05, 0) is 35.4 Å². The van der Waals surface area contributed by atoms with Crippen LogP contribution in [-0.2, 0) is 11.3 Å². The van der Waals surface area contributed by atoms with E-state index >= 15 is 0 Å². The first-order chi connectivity index (χ1) is 14.7. The lowest BCUT2D eigenvalue weighted by molar-refractivity contribution is 0.119. The molecule has 0 aliphatic carbocycles. The molecule has 0 spiro atoms. The Bertz CT molecular complexity index is 1170. The Morgan fingerprint density at radius 1 is 0.967 bits per heavy atom. The molecule has 1 amide bonds. The lowest BCUT2D eigenvalue weighted by Crippen LogP contribution is -2.32. The predicted molar refractivity (Wildman–Crippen MR) is 111 cm³/mol. The van der Waals surface area contributed by atoms with Gasteiger partial charge in [-0.3, -0.25) is 4.90 Å². The van der Waals surface area contributed by atoms with Crippen molar-refractivity contribution in [2.45, 2.75) is 18.8 Å². The molecule has 5 rings (SSSR count). The van der Waals surface area contributed by atoms with Gasteiger partial charge < -0.3 is 9.47 Å². The zero-order valence-electron chi connectivity index (χ0n) is 16.4. The molecule has 3 aromatic carbocycles. The molecule has 2 heterocycles. The number of cyclic esters (lactones) is 1. The first kappa shape index (κ1) is 18.2. The van der Waals surface area contributed by atoms with E-state index < -0.39 is 12.3 Å². The van der Waals surface area contributed by atoms with Crippen molar-refractivity contribution >= 4 is 17.1 Å². The van der Waals surface area contributed by atoms with Gasteiger partial charge in [-0.15, -0.1) is 5.10 Å². The number of nitrogens with zero attached hydrogens (tertiary/aromatic N) is 4. The molecule has 1 aliphatic rings. The number of ether oxygens (including phenoxy) is 2. The Hall–Kier alpha value is -3.87. The lowest BCUT2D eigenvalue weighted by Gasteiger charge is -2.25. The Kier molecular flexibility index (Phi) is 4.55. The van der Waals surface area contributed by atoms with Crippen LogP contribution in [0.25, 0.3) is 11.0 Å². The molecule has 7 nitrogen and oxygen atoms in total. The fourth-order valence-corrected chi connectivity index (χ4v) is 3.82. The second-order valence-corrected chi connectivity index (χ2v) is 7.13. The van der Waals surface area contributed by atoms with Gasteiger partial charge in [-0.2, -0.15) is 0 Å². The van der Waals surface area contributed by atoms with Crippen molar-refractivity contribution in [3.05, 3.63) is 90.0 Å². The largest absolute Gasteiger partial charge is 0.497 e. The van der Waals surface area contributed by atoms with Gasteiger partial charge >= 0.3 is 6.09 Å². The van der Waals surface area contributed by atoms with Gasteiger partial charge in [0.2, 0.25) is 0 Å². The molecule has 4 aromatic rings. The number of carbonyl (C=O) groups excluding carboxylic acids is 1. The van der Waals surface area contributed by atoms with E-state index in [2.05, 4.69) is 10.3 Å². The summed E-state index contributed by atoms with van der Waals surface area (Å²) in [5.74, 6) is 0.743. The second-order valence-electron chi connectivity index (χ2n) is 7.13. The van der Waals surface area contributed by atoms with Crippen LogP contribution in [0.3, 0.4) is 0 Å². The van der Waals surface area contributed by atoms with Crippen LogP contribution in [0.1, 0.15) is 23.4 Å². The third-order valence-corrected chi connectivity index (χ3v) is 5.32. The van der Waals surface area contributed by atoms with E-state index in [1.165, 1.54) is 0 Å². The highest BCUT2D eigenvalue weighted by Crippen LogP contribution is 2.41. The number of methoxy groups -OCH3 is 1. The molecule has 0 radical (unpaired) electrons. The third kappa shape index (κ3) is 3.14. The standard InChI is InChI=1S/C23H20N4O3/c1-29-18-13-11-17(12-14-18)21-22(27-20-10-6-5-9-19(20)24-25-27)26(23(28)30-21)15-16-7-3-2-4-8-16/h2-14,21-22H,15H2,1H3/t21-,22-/m0/s1. The summed E-state index contributed by atoms with van der Waals surface area (Å²) in [5, 5.41) is 8.67. The van der Waals surface area contributed by atoms with Gasteiger partial charge in [0, 0.05) is 0 Å². The van der Waals surface area contributed by atoms with Crippen molar-refractivity contribution in [1.29, 1.82) is 0 Å². The minimum atomic E-state index is -0.530. The lowest BCUT2D eigenvalue weighted by atomic mass is 10.1. The number of fused-ring (bicyclic) bond motifs is 1. The molecule has 0 saturated carbocycles. The molecule has 30 heavy (non-hydrogen) atoms. The van der Waals surface area contributed by atoms with Crippen LogP contribution in [0.5, 0.6) is 5.75 Å². The van der Waals surface area contributed by atoms with E-state index in [4.69, 9.17) is 9.47 Å². The van der Waals surface area contributed by atoms with Gasteiger partial charge in [0.15, 0.2) is 12.3 Å². The molecule has 0 bridgehead atoms. The van der Waals surface area contributed by atoms with Crippen LogP contribution in [0.2, 0.25) is 0 Å². The molecular formula is C23H20N4O3. The Morgan fingerprint density at radius 2 is 1.70 bits per heavy atom. The number of hydrogen-bond donors (Lipinski definition) is 0. The number of aromatic nitrogens is 3. The number of benzene rings is 3. The van der Waals surface area contributed by atoms with E-state index in [-0.39, 0.29) is 6.09 Å². The topological polar surface area (TPSA) is 69.5 Å². The van der Waals surface area contributed by atoms with Crippen molar-refractivity contribution in [1.82, 2.24) is 19.9 Å². The van der Waals surface area contributed by atoms with E-state index in [0.717, 1.165) is 27.9 Å². The molecule has 0 unspecified atom stereocenters. The fourth-order valence-electron chi connectivity index (χ4n) is 3.82. The van der Waals surface area contributed by atoms with Crippen LogP contribution in [-0.4, -0.2) is 33.1 Å². The van der Waals surface area contributed by atoms with Gasteiger partial charge in [-0.1, -0.05) is 59.8 Å². The van der Waals surface area contributed by atoms with Gasteiger partial charge in [0.25, 0.3) is 0 Å². The fraction of sp³-hybridized carbons (Fsp3) is 0.174. The van der Waals surface area contributed by atoms with E-state index in [1.807, 2.05) is 78.9 Å². The molecule has 1 aromatic heterocycles. The van der Waals surface area contributed by atoms with Crippen LogP contribution in [0.4, 0.5) is 4.79 Å². The summed E-state index contributed by atoms with van der Waals surface area (Å²) in [4.78, 5) is 14.6. The quantitative estimate of drug-likeness (QED) is 0.499. The summed E-state index contributed by atoms with van der Waals surface area (Å²) in [7, 11) is 1.62. The first-order valence-corrected chi connectivity index (χ1v) is 9.69. The molecule has 7 heteroatoms. The van der Waals surface area contributed by atoms with E-state index in [0.29, 0.717) is 6.54 Å². The van der Waals surface area contributed by atoms with Crippen molar-refractivity contribution in [2.75, 3.05) is 7.11 Å². The molecule has 1 fully saturated rings. The summed E-state index contributed by atoms with van der Waals surface area (Å²) >= 11 is 0. The molecule has 1 aliphatic heterocycles. The Labute approximate surface area is 173 Å². The van der Waals surface area contributed by atoms with Crippen molar-refractivity contribution in [2.24, 2.45) is 0 Å². The van der Waals surface area contributed by atoms with Crippen molar-refractivity contribution in [3.8, 4) is 5.75 Å². The number of rotatable bonds is 5. The van der Waals surface area contributed by atoms with Crippen LogP contribution < -0.4 is 4.74 Å². The van der Waals surface area contributed by atoms with Crippen molar-refractivity contribution < 1.29 is 14.3 Å². The maximum Gasteiger partial charge on any atom is 0.412 e. The van der Waals surface area contributed by atoms with E-state index in [9.17, 15) is 4.79 Å². The number of hydrogen-bond acceptors (Lipinski definition) is 5. The highest BCUT2D eigenvalue weighted by atomic mass is 16.6. The second kappa shape index (κ2) is 7.51. The smallest absolute Gasteiger partial charge is 0.412 e. The normalized spacial score (nSPS) is 18.6. The van der Waals surface area contributed by atoms with Gasteiger partial charge in [0.05, 0.1) is 19.2 Å². The molecule has 2 atom stereocenters. The summed E-state index contributed by atoms with van der Waals surface area (Å²) < 4.78 is 12.9. The van der Waals surface area contributed by atoms with Crippen LogP contribution in [0, 0.1) is 0 Å². The summed E-state index contributed by atoms with van der Waals surface area (Å²) in [5.41, 5.74) is 3.49. The summed E-state index contributed by atoms with van der Waals surface area (Å²) in [6.45, 7) is 0.408. The maximum absolute atomic E-state index is 12.9. The van der Waals surface area contributed by atoms with Gasteiger partial charge in [-0.25, -0.2) is 9.48 Å². The van der Waals surface area contributed by atoms with Gasteiger partial charge in [0.1, 0.15) is 11.3 Å². The molecule has 0 N–H and O–H groups in total. The summed E-state index contributed by atoms with van der Waals surface area (Å²) in [6, 6.07) is 25.1. The maximum atomic E-state index is 12.9. The highest BCUT2D eigenvalue weighted by molar-refractivity contribution is 5.75. The first-order valence-electron chi connectivity index (χ1n) is 9.69. The third-order valence-electron chi connectivity index (χ3n) is 5.32. The minimum absolute atomic E-state index is 0.385. The zero-order chi connectivity index (χ0) is 20.5. The monoisotopic (exact) mass is 400 g/mol. The average Bonchev–Trinajstić information content (AvgIpc) is 3.35. The predicted octanol–water partition coefficient (Wildman–Crippen LogP) is 4.33. The minimum Gasteiger partial charge on any atom is -0.497 e. The SMILES string of the molecule is COc1ccc([C@@H]2OC(=O)N(Cc3ccccc3)[C@H]2n2nnc3ccccc32)cc1. The number of carbonyl (C=O) groups is 1. The van der Waals surface area contributed by atoms with Crippen LogP contribution in [0.15, 0.2) is 78.9 Å². The van der Waals surface area contributed by atoms with Crippen LogP contribution >= 0.6 is 0 Å². The molecule has 150 valence electrons. The Balaban J connectivity index is 1.60. The summed E-state index contributed by atoms with van der Waals surface area (Å²) in [6.07, 6.45) is -1.39. The van der Waals surface area contributed by atoms with Crippen molar-refractivity contribution in [3.63, 3.8) is 0 Å². The molecular weight excluding hydrogens is 380 g/mol. The van der Waals surface area contributed by atoms with E-state index in [1.54, 1.807) is 16.7 Å². The Morgan fingerprint density at radius 3 is 2.47 bits per heavy atom. The number of para-hydroxylation sites is 1. The molecule has 1 saturated heterocycles.